The molecule has 0 aromatic carbocycles. The fraction of sp³-hybridized carbons (Fsp3) is 0.938. The maximum atomic E-state index is 12.1. The molecule has 4 nitrogen and oxygen atoms in total. The highest BCUT2D eigenvalue weighted by Crippen LogP contribution is 2.23. The highest BCUT2D eigenvalue weighted by Gasteiger charge is 2.24. The Hall–Kier alpha value is -0.610. The van der Waals surface area contributed by atoms with Crippen molar-refractivity contribution in [3.63, 3.8) is 0 Å². The first-order valence-corrected chi connectivity index (χ1v) is 8.27. The van der Waals surface area contributed by atoms with Crippen molar-refractivity contribution in [3.05, 3.63) is 0 Å². The van der Waals surface area contributed by atoms with Crippen molar-refractivity contribution in [2.45, 2.75) is 52.1 Å². The van der Waals surface area contributed by atoms with Crippen molar-refractivity contribution >= 4 is 5.91 Å². The lowest BCUT2D eigenvalue weighted by Crippen LogP contribution is -2.49. The molecule has 20 heavy (non-hydrogen) atoms. The molecule has 116 valence electrons. The molecule has 0 aromatic rings. The van der Waals surface area contributed by atoms with Crippen LogP contribution >= 0.6 is 0 Å². The molecule has 1 saturated carbocycles. The molecule has 2 rings (SSSR count). The zero-order valence-electron chi connectivity index (χ0n) is 13.1. The predicted molar refractivity (Wildman–Crippen MR) is 80.6 cm³/mol. The summed E-state index contributed by atoms with van der Waals surface area (Å²) < 4.78 is 5.77. The van der Waals surface area contributed by atoms with E-state index in [9.17, 15) is 4.79 Å². The van der Waals surface area contributed by atoms with Crippen LogP contribution in [-0.4, -0.2) is 49.7 Å². The molecular formula is C16H30N2O2. The minimum absolute atomic E-state index is 0.162. The number of hydrogen-bond donors (Lipinski definition) is 1. The van der Waals surface area contributed by atoms with Gasteiger partial charge in [-0.25, -0.2) is 0 Å². The summed E-state index contributed by atoms with van der Waals surface area (Å²) in [6, 6.07) is 0. The fourth-order valence-corrected chi connectivity index (χ4v) is 3.31. The fourth-order valence-electron chi connectivity index (χ4n) is 3.31. The Morgan fingerprint density at radius 3 is 2.75 bits per heavy atom. The van der Waals surface area contributed by atoms with Crippen LogP contribution in [0.25, 0.3) is 0 Å². The van der Waals surface area contributed by atoms with Gasteiger partial charge < -0.3 is 10.1 Å². The molecule has 1 aliphatic carbocycles. The van der Waals surface area contributed by atoms with Gasteiger partial charge in [0, 0.05) is 32.1 Å². The Balaban J connectivity index is 1.68. The second-order valence-electron chi connectivity index (χ2n) is 6.73. The number of carbonyl (C=O) groups is 1. The van der Waals surface area contributed by atoms with Gasteiger partial charge in [0.1, 0.15) is 0 Å². The van der Waals surface area contributed by atoms with Crippen LogP contribution < -0.4 is 5.32 Å². The van der Waals surface area contributed by atoms with Crippen molar-refractivity contribution in [2.24, 2.45) is 11.8 Å². The van der Waals surface area contributed by atoms with Gasteiger partial charge in [-0.1, -0.05) is 33.1 Å². The SMILES string of the molecule is CC(C)CN1CCO[C@H](CNC(=O)C2CCCCC2)C1. The minimum atomic E-state index is 0.162. The summed E-state index contributed by atoms with van der Waals surface area (Å²) in [5, 5.41) is 3.11. The van der Waals surface area contributed by atoms with Crippen LogP contribution in [0.4, 0.5) is 0 Å². The zero-order chi connectivity index (χ0) is 14.4. The normalized spacial score (nSPS) is 25.9. The van der Waals surface area contributed by atoms with Gasteiger partial charge in [-0.3, -0.25) is 9.69 Å². The molecule has 0 unspecified atom stereocenters. The van der Waals surface area contributed by atoms with Gasteiger partial charge in [-0.05, 0) is 18.8 Å². The Bertz CT molecular complexity index is 301. The number of nitrogens with one attached hydrogen (secondary N) is 1. The van der Waals surface area contributed by atoms with E-state index in [-0.39, 0.29) is 17.9 Å². The molecule has 0 radical (unpaired) electrons. The van der Waals surface area contributed by atoms with Crippen LogP contribution in [0.5, 0.6) is 0 Å². The van der Waals surface area contributed by atoms with E-state index in [2.05, 4.69) is 24.1 Å². The smallest absolute Gasteiger partial charge is 0.223 e. The molecule has 0 bridgehead atoms. The Morgan fingerprint density at radius 1 is 1.30 bits per heavy atom. The number of amides is 1. The van der Waals surface area contributed by atoms with Crippen LogP contribution in [0.1, 0.15) is 46.0 Å². The zero-order valence-corrected chi connectivity index (χ0v) is 13.1. The third-order valence-corrected chi connectivity index (χ3v) is 4.33. The van der Waals surface area contributed by atoms with Crippen LogP contribution in [0.3, 0.4) is 0 Å². The number of nitrogens with zero attached hydrogens (tertiary/aromatic N) is 1. The largest absolute Gasteiger partial charge is 0.374 e. The predicted octanol–water partition coefficient (Wildman–Crippen LogP) is 2.04. The summed E-state index contributed by atoms with van der Waals surface area (Å²) in [5.41, 5.74) is 0. The van der Waals surface area contributed by atoms with Gasteiger partial charge >= 0.3 is 0 Å². The van der Waals surface area contributed by atoms with Gasteiger partial charge in [0.25, 0.3) is 0 Å². The van der Waals surface area contributed by atoms with E-state index in [1.807, 2.05) is 0 Å². The van der Waals surface area contributed by atoms with E-state index in [1.165, 1.54) is 19.3 Å². The summed E-state index contributed by atoms with van der Waals surface area (Å²) in [7, 11) is 0. The van der Waals surface area contributed by atoms with Gasteiger partial charge in [-0.15, -0.1) is 0 Å². The monoisotopic (exact) mass is 282 g/mol. The lowest BCUT2D eigenvalue weighted by molar-refractivity contribution is -0.127. The summed E-state index contributed by atoms with van der Waals surface area (Å²) in [6.07, 6.45) is 6.00. The first kappa shape index (κ1) is 15.8. The van der Waals surface area contributed by atoms with Crippen LogP contribution in [0.2, 0.25) is 0 Å². The lowest BCUT2D eigenvalue weighted by Gasteiger charge is -2.34. The van der Waals surface area contributed by atoms with Crippen molar-refractivity contribution in [1.82, 2.24) is 10.2 Å². The summed E-state index contributed by atoms with van der Waals surface area (Å²) in [4.78, 5) is 14.6. The molecule has 4 heteroatoms. The molecule has 1 N–H and O–H groups in total. The number of rotatable bonds is 5. The molecule has 1 atom stereocenters. The van der Waals surface area contributed by atoms with Gasteiger partial charge in [0.05, 0.1) is 12.7 Å². The van der Waals surface area contributed by atoms with E-state index < -0.39 is 0 Å². The van der Waals surface area contributed by atoms with E-state index in [1.54, 1.807) is 0 Å². The average Bonchev–Trinajstić information content (AvgIpc) is 2.45. The van der Waals surface area contributed by atoms with Crippen LogP contribution in [0, 0.1) is 11.8 Å². The molecule has 0 spiro atoms. The molecule has 1 aliphatic heterocycles. The highest BCUT2D eigenvalue weighted by molar-refractivity contribution is 5.78. The van der Waals surface area contributed by atoms with Crippen molar-refractivity contribution in [1.29, 1.82) is 0 Å². The first-order valence-electron chi connectivity index (χ1n) is 8.27. The Labute approximate surface area is 123 Å². The standard InChI is InChI=1S/C16H30N2O2/c1-13(2)11-18-8-9-20-15(12-18)10-17-16(19)14-6-4-3-5-7-14/h13-15H,3-12H2,1-2H3,(H,17,19)/t15-/m1/s1. The highest BCUT2D eigenvalue weighted by atomic mass is 16.5. The first-order chi connectivity index (χ1) is 9.65. The van der Waals surface area contributed by atoms with E-state index >= 15 is 0 Å². The lowest BCUT2D eigenvalue weighted by atomic mass is 9.88. The third kappa shape index (κ3) is 5.06. The minimum Gasteiger partial charge on any atom is -0.374 e. The molecule has 2 fully saturated rings. The van der Waals surface area contributed by atoms with E-state index in [4.69, 9.17) is 4.74 Å². The second kappa shape index (κ2) is 7.99. The average molecular weight is 282 g/mol. The van der Waals surface area contributed by atoms with E-state index in [0.717, 1.165) is 39.1 Å². The van der Waals surface area contributed by atoms with Gasteiger partial charge in [-0.2, -0.15) is 0 Å². The van der Waals surface area contributed by atoms with Crippen LogP contribution in [-0.2, 0) is 9.53 Å². The van der Waals surface area contributed by atoms with Crippen LogP contribution in [0.15, 0.2) is 0 Å². The number of carbonyl (C=O) groups excluding carboxylic acids is 1. The molecule has 1 heterocycles. The van der Waals surface area contributed by atoms with Crippen molar-refractivity contribution in [3.8, 4) is 0 Å². The molecule has 1 saturated heterocycles. The quantitative estimate of drug-likeness (QED) is 0.839. The summed E-state index contributed by atoms with van der Waals surface area (Å²) >= 11 is 0. The summed E-state index contributed by atoms with van der Waals surface area (Å²) in [6.45, 7) is 9.04. The third-order valence-electron chi connectivity index (χ3n) is 4.33. The number of morpholine rings is 1. The van der Waals surface area contributed by atoms with E-state index in [0.29, 0.717) is 12.5 Å². The Kier molecular flexibility index (Phi) is 6.30. The maximum Gasteiger partial charge on any atom is 0.223 e. The molecule has 0 aromatic heterocycles. The van der Waals surface area contributed by atoms with Gasteiger partial charge in [0.2, 0.25) is 5.91 Å². The second-order valence-corrected chi connectivity index (χ2v) is 6.73. The van der Waals surface area contributed by atoms with Gasteiger partial charge in [0.15, 0.2) is 0 Å². The maximum absolute atomic E-state index is 12.1. The summed E-state index contributed by atoms with van der Waals surface area (Å²) in [5.74, 6) is 1.18. The topological polar surface area (TPSA) is 41.6 Å². The molecular weight excluding hydrogens is 252 g/mol. The Morgan fingerprint density at radius 2 is 2.05 bits per heavy atom. The molecule has 1 amide bonds. The number of ether oxygens (including phenoxy) is 1. The molecule has 2 aliphatic rings. The van der Waals surface area contributed by atoms with Crippen molar-refractivity contribution in [2.75, 3.05) is 32.8 Å². The number of hydrogen-bond acceptors (Lipinski definition) is 3. The van der Waals surface area contributed by atoms with Crippen molar-refractivity contribution < 1.29 is 9.53 Å².